The van der Waals surface area contributed by atoms with E-state index in [1.54, 1.807) is 0 Å². The molecule has 0 saturated carbocycles. The lowest BCUT2D eigenvalue weighted by atomic mass is 10.1. The molecule has 0 fully saturated rings. The van der Waals surface area contributed by atoms with E-state index in [4.69, 9.17) is 18.9 Å². The molecule has 2 unspecified atom stereocenters. The maximum atomic E-state index is 12.8. The van der Waals surface area contributed by atoms with Gasteiger partial charge in [-0.15, -0.1) is 0 Å². The predicted molar refractivity (Wildman–Crippen MR) is 287 cm³/mol. The maximum absolute atomic E-state index is 12.8. The van der Waals surface area contributed by atoms with Gasteiger partial charge in [0.2, 0.25) is 0 Å². The van der Waals surface area contributed by atoms with Crippen molar-refractivity contribution in [3.8, 4) is 0 Å². The summed E-state index contributed by atoms with van der Waals surface area (Å²) in [6.45, 7) is 4.38. The van der Waals surface area contributed by atoms with Gasteiger partial charge in [-0.25, -0.2) is 0 Å². The Morgan fingerprint density at radius 2 is 0.797 bits per heavy atom. The van der Waals surface area contributed by atoms with Crippen molar-refractivity contribution in [1.29, 1.82) is 0 Å². The third kappa shape index (κ3) is 50.9. The molecule has 386 valence electrons. The molecule has 0 spiro atoms. The quantitative estimate of drug-likeness (QED) is 0.0195. The number of quaternary nitrogens is 1. The van der Waals surface area contributed by atoms with Crippen LogP contribution in [-0.2, 0) is 33.3 Å². The molecule has 0 aliphatic heterocycles. The number of carbonyl (C=O) groups is 3. The minimum absolute atomic E-state index is 0.125. The van der Waals surface area contributed by atoms with Crippen LogP contribution >= 0.6 is 0 Å². The summed E-state index contributed by atoms with van der Waals surface area (Å²) in [6.07, 6.45) is 68.9. The van der Waals surface area contributed by atoms with Gasteiger partial charge in [-0.1, -0.05) is 179 Å². The first-order chi connectivity index (χ1) is 33.6. The Kier molecular flexibility index (Phi) is 46.1. The molecule has 0 aromatic rings. The summed E-state index contributed by atoms with van der Waals surface area (Å²) >= 11 is 0. The van der Waals surface area contributed by atoms with Crippen LogP contribution in [0.4, 0.5) is 0 Å². The van der Waals surface area contributed by atoms with Crippen LogP contribution in [-0.4, -0.2) is 82.3 Å². The fourth-order valence-corrected chi connectivity index (χ4v) is 6.14. The molecule has 2 atom stereocenters. The molecule has 0 N–H and O–H groups in total. The van der Waals surface area contributed by atoms with Crippen molar-refractivity contribution in [3.63, 3.8) is 0 Å². The highest BCUT2D eigenvalue weighted by Crippen LogP contribution is 2.11. The smallest absolute Gasteiger partial charge is 0.306 e. The molecule has 9 heteroatoms. The average molecular weight is 956 g/mol. The van der Waals surface area contributed by atoms with E-state index in [-0.39, 0.29) is 32.7 Å². The van der Waals surface area contributed by atoms with Gasteiger partial charge in [0, 0.05) is 12.8 Å². The Morgan fingerprint density at radius 3 is 1.20 bits per heavy atom. The summed E-state index contributed by atoms with van der Waals surface area (Å²) in [5, 5.41) is 11.7. The van der Waals surface area contributed by atoms with E-state index in [0.29, 0.717) is 23.9 Å². The number of ether oxygens (including phenoxy) is 4. The highest BCUT2D eigenvalue weighted by molar-refractivity contribution is 5.70. The van der Waals surface area contributed by atoms with Crippen LogP contribution in [0.3, 0.4) is 0 Å². The van der Waals surface area contributed by atoms with Gasteiger partial charge >= 0.3 is 11.9 Å². The van der Waals surface area contributed by atoms with Gasteiger partial charge in [-0.05, 0) is 109 Å². The Labute approximate surface area is 420 Å². The molecule has 0 radical (unpaired) electrons. The molecule has 69 heavy (non-hydrogen) atoms. The fourth-order valence-electron chi connectivity index (χ4n) is 6.14. The second-order valence-electron chi connectivity index (χ2n) is 17.7. The third-order valence-corrected chi connectivity index (χ3v) is 10.1. The highest BCUT2D eigenvalue weighted by Gasteiger charge is 2.21. The lowest BCUT2D eigenvalue weighted by Crippen LogP contribution is -2.44. The first kappa shape index (κ1) is 64.2. The summed E-state index contributed by atoms with van der Waals surface area (Å²) < 4.78 is 22.5. The first-order valence-corrected chi connectivity index (χ1v) is 26.0. The Bertz CT molecular complexity index is 1630. The molecule has 0 heterocycles. The lowest BCUT2D eigenvalue weighted by molar-refractivity contribution is -0.870. The molecule has 0 bridgehead atoms. The van der Waals surface area contributed by atoms with E-state index in [1.165, 1.54) is 0 Å². The standard InChI is InChI=1S/C60H93NO8/c1-6-8-10-12-14-16-18-20-22-24-25-26-27-28-29-30-31-32-33-35-37-39-41-43-45-47-49-51-58(63)69-56(55-68-60(59(64)65)66-53-52-61(3,4)5)54-67-57(62)50-48-46-44-42-40-38-36-34-23-21-19-17-15-13-11-9-7-2/h8-11,14-17,20-23,25-26,28-29,31-32,35-38,42,44,56,60H,6-7,12-13,18-19,24,27,30,33-34,39-41,43,45-55H2,1-5H3/b10-8-,11-9-,16-14-,17-15-,22-20-,23-21-,26-25-,29-28-,32-31-,37-35-,38-36-,44-42-. The van der Waals surface area contributed by atoms with Crippen molar-refractivity contribution in [3.05, 3.63) is 146 Å². The number of hydrogen-bond donors (Lipinski definition) is 0. The molecular formula is C60H93NO8. The first-order valence-electron chi connectivity index (χ1n) is 26.0. The zero-order valence-electron chi connectivity index (χ0n) is 43.6. The van der Waals surface area contributed by atoms with Crippen molar-refractivity contribution in [1.82, 2.24) is 0 Å². The number of unbranched alkanes of at least 4 members (excludes halogenated alkanes) is 6. The number of carboxylic acids is 1. The van der Waals surface area contributed by atoms with E-state index < -0.39 is 30.3 Å². The number of rotatable bonds is 45. The number of nitrogens with zero attached hydrogens (tertiary/aromatic N) is 1. The third-order valence-electron chi connectivity index (χ3n) is 10.1. The summed E-state index contributed by atoms with van der Waals surface area (Å²) in [7, 11) is 5.87. The predicted octanol–water partition coefficient (Wildman–Crippen LogP) is 13.6. The van der Waals surface area contributed by atoms with Crippen molar-refractivity contribution in [2.45, 2.75) is 167 Å². The van der Waals surface area contributed by atoms with E-state index in [0.717, 1.165) is 116 Å². The Morgan fingerprint density at radius 1 is 0.435 bits per heavy atom. The Hall–Kier alpha value is -4.83. The van der Waals surface area contributed by atoms with E-state index >= 15 is 0 Å². The van der Waals surface area contributed by atoms with Crippen molar-refractivity contribution in [2.24, 2.45) is 0 Å². The van der Waals surface area contributed by atoms with Crippen LogP contribution in [0, 0.1) is 0 Å². The van der Waals surface area contributed by atoms with Gasteiger partial charge in [0.1, 0.15) is 13.2 Å². The number of aliphatic carboxylic acids is 1. The topological polar surface area (TPSA) is 111 Å². The molecule has 0 aromatic heterocycles. The zero-order valence-corrected chi connectivity index (χ0v) is 43.6. The minimum atomic E-state index is -1.65. The Balaban J connectivity index is 4.48. The summed E-state index contributed by atoms with van der Waals surface area (Å²) in [5.41, 5.74) is 0. The van der Waals surface area contributed by atoms with Crippen molar-refractivity contribution in [2.75, 3.05) is 47.5 Å². The normalized spacial score (nSPS) is 14.0. The summed E-state index contributed by atoms with van der Waals surface area (Å²) in [5.74, 6) is -2.41. The summed E-state index contributed by atoms with van der Waals surface area (Å²) in [4.78, 5) is 37.1. The zero-order chi connectivity index (χ0) is 50.6. The second kappa shape index (κ2) is 49.6. The molecule has 9 nitrogen and oxygen atoms in total. The van der Waals surface area contributed by atoms with Gasteiger partial charge in [-0.3, -0.25) is 9.59 Å². The number of esters is 2. The van der Waals surface area contributed by atoms with Crippen molar-refractivity contribution < 1.29 is 42.9 Å². The van der Waals surface area contributed by atoms with Gasteiger partial charge in [0.15, 0.2) is 12.4 Å². The molecule has 0 saturated heterocycles. The van der Waals surface area contributed by atoms with Crippen LogP contribution < -0.4 is 5.11 Å². The van der Waals surface area contributed by atoms with Gasteiger partial charge in [0.25, 0.3) is 0 Å². The van der Waals surface area contributed by atoms with E-state index in [9.17, 15) is 19.5 Å². The van der Waals surface area contributed by atoms with Crippen LogP contribution in [0.2, 0.25) is 0 Å². The lowest BCUT2D eigenvalue weighted by Gasteiger charge is -2.26. The number of carbonyl (C=O) groups excluding carboxylic acids is 3. The SMILES string of the molecule is CC/C=C\C/C=C\C/C=C\C/C=C\C/C=C\C/C=C\C/C=C\CCCCCCCC(=O)OC(COC(=O)CCC/C=C\C/C=C\C/C=C\C/C=C\C/C=C\CC)COC(OCC[N+](C)(C)C)C(=O)[O-]. The molecule has 0 aromatic carbocycles. The van der Waals surface area contributed by atoms with Crippen LogP contribution in [0.1, 0.15) is 155 Å². The maximum Gasteiger partial charge on any atom is 0.306 e. The summed E-state index contributed by atoms with van der Waals surface area (Å²) in [6, 6.07) is 0. The monoisotopic (exact) mass is 956 g/mol. The molecule has 0 rings (SSSR count). The number of hydrogen-bond acceptors (Lipinski definition) is 8. The van der Waals surface area contributed by atoms with Gasteiger partial charge < -0.3 is 33.3 Å². The molecular weight excluding hydrogens is 863 g/mol. The second-order valence-corrected chi connectivity index (χ2v) is 17.7. The molecule has 0 aliphatic carbocycles. The van der Waals surface area contributed by atoms with Crippen LogP contribution in [0.25, 0.3) is 0 Å². The average Bonchev–Trinajstić information content (AvgIpc) is 3.31. The number of likely N-dealkylation sites (N-methyl/N-ethyl adjacent to an activating group) is 1. The van der Waals surface area contributed by atoms with Gasteiger partial charge in [-0.2, -0.15) is 0 Å². The highest BCUT2D eigenvalue weighted by atomic mass is 16.7. The van der Waals surface area contributed by atoms with E-state index in [1.807, 2.05) is 21.1 Å². The largest absolute Gasteiger partial charge is 0.545 e. The molecule has 0 amide bonds. The molecule has 0 aliphatic rings. The van der Waals surface area contributed by atoms with E-state index in [2.05, 4.69) is 160 Å². The van der Waals surface area contributed by atoms with Crippen LogP contribution in [0.5, 0.6) is 0 Å². The van der Waals surface area contributed by atoms with Crippen LogP contribution in [0.15, 0.2) is 146 Å². The minimum Gasteiger partial charge on any atom is -0.545 e. The number of allylic oxidation sites excluding steroid dienone is 24. The van der Waals surface area contributed by atoms with Gasteiger partial charge in [0.05, 0.1) is 40.3 Å². The van der Waals surface area contributed by atoms with Crippen molar-refractivity contribution >= 4 is 17.9 Å². The fraction of sp³-hybridized carbons (Fsp3) is 0.550. The number of carboxylic acid groups (broad SMARTS) is 1.